The molecule has 1 unspecified atom stereocenters. The number of para-hydroxylation sites is 1. The Kier molecular flexibility index (Phi) is 4.99. The third-order valence-corrected chi connectivity index (χ3v) is 3.45. The van der Waals surface area contributed by atoms with Crippen LogP contribution in [0, 0.1) is 5.82 Å². The fourth-order valence-corrected chi connectivity index (χ4v) is 2.04. The molecule has 2 aromatic carbocycles. The van der Waals surface area contributed by atoms with Crippen molar-refractivity contribution in [3.63, 3.8) is 0 Å². The van der Waals surface area contributed by atoms with E-state index in [1.807, 2.05) is 32.2 Å². The molecule has 2 rings (SSSR count). The van der Waals surface area contributed by atoms with Gasteiger partial charge in [-0.05, 0) is 37.7 Å². The first-order valence-electron chi connectivity index (χ1n) is 6.44. The Balaban J connectivity index is 2.18. The lowest BCUT2D eigenvalue weighted by molar-refractivity contribution is 0.284. The van der Waals surface area contributed by atoms with Crippen LogP contribution in [0.1, 0.15) is 24.1 Å². The van der Waals surface area contributed by atoms with Crippen LogP contribution in [0.25, 0.3) is 0 Å². The van der Waals surface area contributed by atoms with Crippen molar-refractivity contribution in [3.8, 4) is 5.75 Å². The number of benzene rings is 2. The largest absolute Gasteiger partial charge is 0.485 e. The van der Waals surface area contributed by atoms with Crippen molar-refractivity contribution in [1.82, 2.24) is 5.32 Å². The molecule has 20 heavy (non-hydrogen) atoms. The van der Waals surface area contributed by atoms with E-state index in [1.54, 1.807) is 18.2 Å². The molecule has 0 saturated heterocycles. The van der Waals surface area contributed by atoms with E-state index in [2.05, 4.69) is 5.32 Å². The Labute approximate surface area is 123 Å². The van der Waals surface area contributed by atoms with E-state index >= 15 is 0 Å². The molecule has 1 atom stereocenters. The van der Waals surface area contributed by atoms with Gasteiger partial charge < -0.3 is 10.1 Å². The zero-order chi connectivity index (χ0) is 14.5. The Hall–Kier alpha value is -1.58. The van der Waals surface area contributed by atoms with Crippen molar-refractivity contribution in [3.05, 3.63) is 64.4 Å². The molecule has 0 fully saturated rings. The van der Waals surface area contributed by atoms with Crippen LogP contribution < -0.4 is 10.1 Å². The number of hydrogen-bond donors (Lipinski definition) is 1. The van der Waals surface area contributed by atoms with E-state index in [-0.39, 0.29) is 11.9 Å². The van der Waals surface area contributed by atoms with Crippen LogP contribution in [0.4, 0.5) is 4.39 Å². The van der Waals surface area contributed by atoms with Gasteiger partial charge in [-0.15, -0.1) is 0 Å². The van der Waals surface area contributed by atoms with Crippen LogP contribution >= 0.6 is 11.6 Å². The monoisotopic (exact) mass is 293 g/mol. The summed E-state index contributed by atoms with van der Waals surface area (Å²) in [7, 11) is 1.83. The van der Waals surface area contributed by atoms with Gasteiger partial charge in [0, 0.05) is 16.6 Å². The average molecular weight is 294 g/mol. The Bertz CT molecular complexity index is 571. The number of hydrogen-bond acceptors (Lipinski definition) is 2. The molecule has 2 aromatic rings. The minimum atomic E-state index is -0.349. The van der Waals surface area contributed by atoms with Crippen LogP contribution in [-0.4, -0.2) is 7.05 Å². The fraction of sp³-hybridized carbons (Fsp3) is 0.250. The van der Waals surface area contributed by atoms with Crippen molar-refractivity contribution in [2.45, 2.75) is 19.6 Å². The molecule has 0 saturated carbocycles. The number of nitrogens with one attached hydrogen (secondary N) is 1. The van der Waals surface area contributed by atoms with E-state index in [0.29, 0.717) is 17.4 Å². The second kappa shape index (κ2) is 6.73. The second-order valence-corrected chi connectivity index (χ2v) is 5.02. The van der Waals surface area contributed by atoms with Crippen molar-refractivity contribution in [2.24, 2.45) is 0 Å². The highest BCUT2D eigenvalue weighted by molar-refractivity contribution is 6.30. The van der Waals surface area contributed by atoms with Crippen molar-refractivity contribution < 1.29 is 9.13 Å². The number of ether oxygens (including phenoxy) is 1. The number of halogens is 2. The molecule has 4 heteroatoms. The van der Waals surface area contributed by atoms with E-state index < -0.39 is 0 Å². The maximum atomic E-state index is 13.9. The van der Waals surface area contributed by atoms with Gasteiger partial charge in [-0.1, -0.05) is 35.9 Å². The molecule has 0 aliphatic carbocycles. The minimum absolute atomic E-state index is 0.0194. The first-order valence-corrected chi connectivity index (χ1v) is 6.82. The average Bonchev–Trinajstić information content (AvgIpc) is 2.46. The molecule has 1 N–H and O–H groups in total. The fourth-order valence-electron chi connectivity index (χ4n) is 1.91. The van der Waals surface area contributed by atoms with Crippen molar-refractivity contribution in [1.29, 1.82) is 0 Å². The first kappa shape index (κ1) is 14.8. The van der Waals surface area contributed by atoms with Crippen molar-refractivity contribution in [2.75, 3.05) is 7.05 Å². The molecular formula is C16H17ClFNO. The van der Waals surface area contributed by atoms with E-state index in [9.17, 15) is 4.39 Å². The normalized spacial score (nSPS) is 12.2. The topological polar surface area (TPSA) is 21.3 Å². The molecule has 0 aromatic heterocycles. The second-order valence-electron chi connectivity index (χ2n) is 4.58. The lowest BCUT2D eigenvalue weighted by Crippen LogP contribution is -2.14. The van der Waals surface area contributed by atoms with Crippen LogP contribution in [-0.2, 0) is 6.61 Å². The molecule has 0 radical (unpaired) electrons. The predicted molar refractivity (Wildman–Crippen MR) is 79.7 cm³/mol. The van der Waals surface area contributed by atoms with E-state index in [1.165, 1.54) is 6.07 Å². The van der Waals surface area contributed by atoms with Gasteiger partial charge in [-0.25, -0.2) is 4.39 Å². The highest BCUT2D eigenvalue weighted by atomic mass is 35.5. The molecule has 0 heterocycles. The summed E-state index contributed by atoms with van der Waals surface area (Å²) in [6.45, 7) is 2.27. The van der Waals surface area contributed by atoms with Crippen LogP contribution in [0.3, 0.4) is 0 Å². The van der Waals surface area contributed by atoms with Gasteiger partial charge in [0.2, 0.25) is 0 Å². The smallest absolute Gasteiger partial charge is 0.165 e. The Morgan fingerprint density at radius 1 is 1.20 bits per heavy atom. The Morgan fingerprint density at radius 2 is 1.90 bits per heavy atom. The van der Waals surface area contributed by atoms with Gasteiger partial charge >= 0.3 is 0 Å². The predicted octanol–water partition coefficient (Wildman–Crippen LogP) is 4.34. The maximum absolute atomic E-state index is 13.9. The summed E-state index contributed by atoms with van der Waals surface area (Å²) >= 11 is 5.83. The molecule has 0 aliphatic heterocycles. The summed E-state index contributed by atoms with van der Waals surface area (Å²) < 4.78 is 19.6. The van der Waals surface area contributed by atoms with Crippen LogP contribution in [0.15, 0.2) is 42.5 Å². The molecule has 2 nitrogen and oxygen atoms in total. The van der Waals surface area contributed by atoms with E-state index in [4.69, 9.17) is 16.3 Å². The Morgan fingerprint density at radius 3 is 2.55 bits per heavy atom. The van der Waals surface area contributed by atoms with Gasteiger partial charge in [0.25, 0.3) is 0 Å². The van der Waals surface area contributed by atoms with Gasteiger partial charge in [-0.2, -0.15) is 0 Å². The lowest BCUT2D eigenvalue weighted by atomic mass is 10.1. The lowest BCUT2D eigenvalue weighted by Gasteiger charge is -2.17. The zero-order valence-electron chi connectivity index (χ0n) is 11.5. The van der Waals surface area contributed by atoms with E-state index in [0.717, 1.165) is 11.1 Å². The maximum Gasteiger partial charge on any atom is 0.165 e. The van der Waals surface area contributed by atoms with Crippen LogP contribution in [0.2, 0.25) is 5.02 Å². The minimum Gasteiger partial charge on any atom is -0.485 e. The van der Waals surface area contributed by atoms with Crippen molar-refractivity contribution >= 4 is 11.6 Å². The van der Waals surface area contributed by atoms with Gasteiger partial charge in [-0.3, -0.25) is 0 Å². The molecule has 0 aliphatic rings. The summed E-state index contributed by atoms with van der Waals surface area (Å²) in [6.07, 6.45) is 0. The quantitative estimate of drug-likeness (QED) is 0.885. The standard InChI is InChI=1S/C16H17ClFNO/c1-11(19-2)14-4-3-5-15(18)16(14)20-10-12-6-8-13(17)9-7-12/h3-9,11,19H,10H2,1-2H3. The molecular weight excluding hydrogens is 277 g/mol. The highest BCUT2D eigenvalue weighted by Gasteiger charge is 2.14. The van der Waals surface area contributed by atoms with Gasteiger partial charge in [0.1, 0.15) is 6.61 Å². The molecule has 0 bridgehead atoms. The summed E-state index contributed by atoms with van der Waals surface area (Å²) in [5.74, 6) is -0.0529. The highest BCUT2D eigenvalue weighted by Crippen LogP contribution is 2.28. The van der Waals surface area contributed by atoms with Gasteiger partial charge in [0.15, 0.2) is 11.6 Å². The third-order valence-electron chi connectivity index (χ3n) is 3.19. The molecule has 106 valence electrons. The van der Waals surface area contributed by atoms with Gasteiger partial charge in [0.05, 0.1) is 0 Å². The SMILES string of the molecule is CNC(C)c1cccc(F)c1OCc1ccc(Cl)cc1. The molecule has 0 amide bonds. The summed E-state index contributed by atoms with van der Waals surface area (Å²) in [5.41, 5.74) is 1.75. The third kappa shape index (κ3) is 3.50. The first-order chi connectivity index (χ1) is 9.61. The summed E-state index contributed by atoms with van der Waals surface area (Å²) in [5, 5.41) is 3.76. The van der Waals surface area contributed by atoms with Crippen LogP contribution in [0.5, 0.6) is 5.75 Å². The summed E-state index contributed by atoms with van der Waals surface area (Å²) in [6, 6.07) is 12.3. The zero-order valence-corrected chi connectivity index (χ0v) is 12.2. The number of rotatable bonds is 5. The summed E-state index contributed by atoms with van der Waals surface area (Å²) in [4.78, 5) is 0. The molecule has 0 spiro atoms.